The highest BCUT2D eigenvalue weighted by molar-refractivity contribution is 5.94. The third kappa shape index (κ3) is 5.57. The predicted octanol–water partition coefficient (Wildman–Crippen LogP) is 4.82. The SMILES string of the molecule is Cc1nc(Nc2ccccn2)cc(N2CCN(C(=O)c3cccc(Oc4ccc(F)cc4)c3)CC2)n1. The summed E-state index contributed by atoms with van der Waals surface area (Å²) >= 11 is 0. The summed E-state index contributed by atoms with van der Waals surface area (Å²) in [6.07, 6.45) is 1.72. The van der Waals surface area contributed by atoms with Crippen LogP contribution in [0.1, 0.15) is 16.2 Å². The first-order chi connectivity index (χ1) is 17.5. The van der Waals surface area contributed by atoms with Crippen LogP contribution in [0.5, 0.6) is 11.5 Å². The second kappa shape index (κ2) is 10.4. The average Bonchev–Trinajstić information content (AvgIpc) is 2.90. The van der Waals surface area contributed by atoms with E-state index in [1.165, 1.54) is 12.1 Å². The van der Waals surface area contributed by atoms with E-state index in [2.05, 4.69) is 25.2 Å². The molecule has 1 aliphatic heterocycles. The van der Waals surface area contributed by atoms with E-state index in [4.69, 9.17) is 4.74 Å². The van der Waals surface area contributed by atoms with E-state index < -0.39 is 0 Å². The molecule has 9 heteroatoms. The Bertz CT molecular complexity index is 1340. The van der Waals surface area contributed by atoms with Crippen LogP contribution in [0.3, 0.4) is 0 Å². The van der Waals surface area contributed by atoms with Crippen molar-refractivity contribution in [3.8, 4) is 11.5 Å². The van der Waals surface area contributed by atoms with Crippen LogP contribution in [0.2, 0.25) is 0 Å². The molecule has 0 spiro atoms. The molecule has 1 N–H and O–H groups in total. The minimum absolute atomic E-state index is 0.0596. The van der Waals surface area contributed by atoms with Gasteiger partial charge >= 0.3 is 0 Å². The lowest BCUT2D eigenvalue weighted by molar-refractivity contribution is 0.0746. The molecular weight excluding hydrogens is 459 g/mol. The van der Waals surface area contributed by atoms with Gasteiger partial charge in [0, 0.05) is 44.0 Å². The van der Waals surface area contributed by atoms with E-state index >= 15 is 0 Å². The average molecular weight is 485 g/mol. The molecule has 1 saturated heterocycles. The second-order valence-corrected chi connectivity index (χ2v) is 8.36. The largest absolute Gasteiger partial charge is 0.457 e. The van der Waals surface area contributed by atoms with Crippen molar-refractivity contribution in [2.24, 2.45) is 0 Å². The van der Waals surface area contributed by atoms with E-state index in [-0.39, 0.29) is 11.7 Å². The highest BCUT2D eigenvalue weighted by Gasteiger charge is 2.24. The van der Waals surface area contributed by atoms with Gasteiger partial charge in [0.1, 0.15) is 40.6 Å². The summed E-state index contributed by atoms with van der Waals surface area (Å²) in [5.41, 5.74) is 0.544. The van der Waals surface area contributed by atoms with Crippen molar-refractivity contribution in [2.45, 2.75) is 6.92 Å². The number of aryl methyl sites for hydroxylation is 1. The number of pyridine rings is 1. The Morgan fingerprint density at radius 2 is 1.69 bits per heavy atom. The van der Waals surface area contributed by atoms with Gasteiger partial charge in [0.2, 0.25) is 0 Å². The van der Waals surface area contributed by atoms with Gasteiger partial charge < -0.3 is 19.9 Å². The van der Waals surface area contributed by atoms with Gasteiger partial charge in [-0.05, 0) is 61.5 Å². The van der Waals surface area contributed by atoms with Crippen molar-refractivity contribution in [1.82, 2.24) is 19.9 Å². The number of benzene rings is 2. The molecule has 1 fully saturated rings. The minimum Gasteiger partial charge on any atom is -0.457 e. The number of nitrogens with one attached hydrogen (secondary N) is 1. The van der Waals surface area contributed by atoms with Crippen molar-refractivity contribution in [3.63, 3.8) is 0 Å². The first-order valence-electron chi connectivity index (χ1n) is 11.6. The molecule has 36 heavy (non-hydrogen) atoms. The van der Waals surface area contributed by atoms with Crippen LogP contribution >= 0.6 is 0 Å². The number of carbonyl (C=O) groups is 1. The Hall–Kier alpha value is -4.53. The lowest BCUT2D eigenvalue weighted by Gasteiger charge is -2.35. The van der Waals surface area contributed by atoms with Crippen LogP contribution in [0.15, 0.2) is 79.0 Å². The van der Waals surface area contributed by atoms with Crippen LogP contribution in [0.4, 0.5) is 21.8 Å². The quantitative estimate of drug-likeness (QED) is 0.420. The number of hydrogen-bond acceptors (Lipinski definition) is 7. The first kappa shape index (κ1) is 23.2. The van der Waals surface area contributed by atoms with E-state index in [9.17, 15) is 9.18 Å². The number of carbonyl (C=O) groups excluding carboxylic acids is 1. The molecule has 5 rings (SSSR count). The molecule has 0 aliphatic carbocycles. The standard InChI is InChI=1S/C27H25FN6O2/c1-19-30-25(32-24-7-2-3-12-29-24)18-26(31-19)33-13-15-34(16-14-33)27(35)20-5-4-6-23(17-20)36-22-10-8-21(28)9-11-22/h2-12,17-18H,13-16H2,1H3,(H,29,30,31,32). The number of piperazine rings is 1. The lowest BCUT2D eigenvalue weighted by Crippen LogP contribution is -2.49. The molecule has 0 radical (unpaired) electrons. The minimum atomic E-state index is -0.330. The van der Waals surface area contributed by atoms with Gasteiger partial charge in [0.05, 0.1) is 0 Å². The number of amides is 1. The van der Waals surface area contributed by atoms with Crippen LogP contribution in [-0.4, -0.2) is 51.9 Å². The summed E-state index contributed by atoms with van der Waals surface area (Å²) in [6, 6.07) is 20.3. The summed E-state index contributed by atoms with van der Waals surface area (Å²) in [7, 11) is 0. The van der Waals surface area contributed by atoms with Crippen molar-refractivity contribution < 1.29 is 13.9 Å². The Morgan fingerprint density at radius 3 is 2.44 bits per heavy atom. The fourth-order valence-corrected chi connectivity index (χ4v) is 4.00. The zero-order valence-electron chi connectivity index (χ0n) is 19.8. The maximum Gasteiger partial charge on any atom is 0.254 e. The van der Waals surface area contributed by atoms with E-state index in [0.29, 0.717) is 60.7 Å². The number of nitrogens with zero attached hydrogens (tertiary/aromatic N) is 5. The van der Waals surface area contributed by atoms with Crippen molar-refractivity contribution in [1.29, 1.82) is 0 Å². The normalized spacial score (nSPS) is 13.4. The molecule has 8 nitrogen and oxygen atoms in total. The molecule has 2 aromatic carbocycles. The van der Waals surface area contributed by atoms with E-state index in [0.717, 1.165) is 5.82 Å². The van der Waals surface area contributed by atoms with Crippen molar-refractivity contribution in [3.05, 3.63) is 96.2 Å². The Labute approximate surface area is 208 Å². The monoisotopic (exact) mass is 484 g/mol. The van der Waals surface area contributed by atoms with Crippen molar-refractivity contribution in [2.75, 3.05) is 36.4 Å². The molecule has 2 aromatic heterocycles. The third-order valence-corrected chi connectivity index (χ3v) is 5.77. The maximum absolute atomic E-state index is 13.2. The summed E-state index contributed by atoms with van der Waals surface area (Å²) in [5.74, 6) is 3.49. The van der Waals surface area contributed by atoms with Gasteiger partial charge in [0.15, 0.2) is 0 Å². The fourth-order valence-electron chi connectivity index (χ4n) is 4.00. The van der Waals surface area contributed by atoms with E-state index in [1.54, 1.807) is 42.6 Å². The Balaban J connectivity index is 1.22. The molecular formula is C27H25FN6O2. The van der Waals surface area contributed by atoms with Crippen LogP contribution in [0.25, 0.3) is 0 Å². The third-order valence-electron chi connectivity index (χ3n) is 5.77. The molecule has 0 unspecified atom stereocenters. The highest BCUT2D eigenvalue weighted by atomic mass is 19.1. The molecule has 3 heterocycles. The lowest BCUT2D eigenvalue weighted by atomic mass is 10.1. The van der Waals surface area contributed by atoms with Gasteiger partial charge in [0.25, 0.3) is 5.91 Å². The maximum atomic E-state index is 13.2. The number of ether oxygens (including phenoxy) is 1. The van der Waals surface area contributed by atoms with Gasteiger partial charge in [-0.3, -0.25) is 4.79 Å². The van der Waals surface area contributed by atoms with Gasteiger partial charge in [-0.2, -0.15) is 0 Å². The highest BCUT2D eigenvalue weighted by Crippen LogP contribution is 2.24. The number of hydrogen-bond donors (Lipinski definition) is 1. The molecule has 182 valence electrons. The number of rotatable bonds is 6. The summed E-state index contributed by atoms with van der Waals surface area (Å²) in [5, 5.41) is 3.21. The Kier molecular flexibility index (Phi) is 6.70. The predicted molar refractivity (Wildman–Crippen MR) is 135 cm³/mol. The zero-order valence-corrected chi connectivity index (χ0v) is 19.8. The zero-order chi connectivity index (χ0) is 24.9. The molecule has 0 saturated carbocycles. The fraction of sp³-hybridized carbons (Fsp3) is 0.185. The molecule has 1 amide bonds. The summed E-state index contributed by atoms with van der Waals surface area (Å²) in [4.78, 5) is 30.5. The van der Waals surface area contributed by atoms with Gasteiger partial charge in [-0.1, -0.05) is 12.1 Å². The molecule has 0 bridgehead atoms. The second-order valence-electron chi connectivity index (χ2n) is 8.36. The number of aromatic nitrogens is 3. The van der Waals surface area contributed by atoms with Crippen LogP contribution in [-0.2, 0) is 0 Å². The van der Waals surface area contributed by atoms with Crippen LogP contribution in [0, 0.1) is 12.7 Å². The Morgan fingerprint density at radius 1 is 0.889 bits per heavy atom. The topological polar surface area (TPSA) is 83.5 Å². The smallest absolute Gasteiger partial charge is 0.254 e. The molecule has 0 atom stereocenters. The molecule has 1 aliphatic rings. The van der Waals surface area contributed by atoms with E-state index in [1.807, 2.05) is 36.1 Å². The van der Waals surface area contributed by atoms with Crippen LogP contribution < -0.4 is 15.0 Å². The number of halogens is 1. The first-order valence-corrected chi connectivity index (χ1v) is 11.6. The summed E-state index contributed by atoms with van der Waals surface area (Å²) < 4.78 is 18.9. The number of anilines is 3. The van der Waals surface area contributed by atoms with Gasteiger partial charge in [-0.25, -0.2) is 19.3 Å². The molecule has 4 aromatic rings. The summed E-state index contributed by atoms with van der Waals surface area (Å²) in [6.45, 7) is 4.28. The van der Waals surface area contributed by atoms with Crippen molar-refractivity contribution >= 4 is 23.4 Å². The van der Waals surface area contributed by atoms with Gasteiger partial charge in [-0.15, -0.1) is 0 Å².